The second kappa shape index (κ2) is 7.36. The fourth-order valence-electron chi connectivity index (χ4n) is 2.26. The Labute approximate surface area is 160 Å². The number of fused-ring (bicyclic) bond motifs is 1. The van der Waals surface area contributed by atoms with Gasteiger partial charge < -0.3 is 0 Å². The molecule has 3 aromatic rings. The molecule has 1 N–H and O–H groups in total. The lowest BCUT2D eigenvalue weighted by atomic mass is 10.2. The highest BCUT2D eigenvalue weighted by atomic mass is 32.2. The molecule has 136 valence electrons. The number of anilines is 1. The molecule has 0 radical (unpaired) electrons. The van der Waals surface area contributed by atoms with Gasteiger partial charge in [0.25, 0.3) is 5.91 Å². The number of thioether (sulfide) groups is 1. The zero-order valence-corrected chi connectivity index (χ0v) is 16.8. The molecular formula is C17H17N3O3S3. The van der Waals surface area contributed by atoms with Crippen LogP contribution in [0.3, 0.4) is 0 Å². The van der Waals surface area contributed by atoms with Gasteiger partial charge in [-0.1, -0.05) is 17.4 Å². The number of carbonyl (C=O) groups excluding carboxylic acids is 1. The third-order valence-corrected chi connectivity index (χ3v) is 7.16. The Bertz CT molecular complexity index is 1080. The molecule has 0 atom stereocenters. The summed E-state index contributed by atoms with van der Waals surface area (Å²) in [6.45, 7) is 0. The van der Waals surface area contributed by atoms with Crippen molar-refractivity contribution in [2.24, 2.45) is 0 Å². The molecule has 26 heavy (non-hydrogen) atoms. The smallest absolute Gasteiger partial charge is 0.257 e. The molecule has 0 spiro atoms. The van der Waals surface area contributed by atoms with Gasteiger partial charge in [-0.25, -0.2) is 17.7 Å². The summed E-state index contributed by atoms with van der Waals surface area (Å²) >= 11 is 2.80. The van der Waals surface area contributed by atoms with Crippen LogP contribution in [0, 0.1) is 0 Å². The number of hydrogen-bond acceptors (Lipinski definition) is 6. The standard InChI is InChI=1S/C17H17N3O3S3/c1-20(2)26(22,23)13-7-8-14-15(10-13)25-17(18-14)19-16(21)11-5-4-6-12(9-11)24-3/h4-10H,1-3H3,(H,18,19,21). The quantitative estimate of drug-likeness (QED) is 0.655. The first-order valence-electron chi connectivity index (χ1n) is 7.60. The molecule has 6 nitrogen and oxygen atoms in total. The van der Waals surface area contributed by atoms with E-state index in [1.54, 1.807) is 30.0 Å². The number of thiazole rings is 1. The number of nitrogens with zero attached hydrogens (tertiary/aromatic N) is 2. The van der Waals surface area contributed by atoms with Crippen LogP contribution in [0.15, 0.2) is 52.3 Å². The van der Waals surface area contributed by atoms with Crippen molar-refractivity contribution >= 4 is 54.4 Å². The predicted molar refractivity (Wildman–Crippen MR) is 107 cm³/mol. The van der Waals surface area contributed by atoms with E-state index >= 15 is 0 Å². The number of sulfonamides is 1. The van der Waals surface area contributed by atoms with E-state index in [0.717, 1.165) is 9.20 Å². The molecule has 1 aromatic heterocycles. The lowest BCUT2D eigenvalue weighted by molar-refractivity contribution is 0.102. The highest BCUT2D eigenvalue weighted by molar-refractivity contribution is 7.98. The van der Waals surface area contributed by atoms with Crippen LogP contribution in [0.1, 0.15) is 10.4 Å². The highest BCUT2D eigenvalue weighted by Gasteiger charge is 2.18. The molecular weight excluding hydrogens is 390 g/mol. The van der Waals surface area contributed by atoms with Crippen LogP contribution in [-0.2, 0) is 10.0 Å². The Morgan fingerprint density at radius 3 is 2.65 bits per heavy atom. The SMILES string of the molecule is CSc1cccc(C(=O)Nc2nc3ccc(S(=O)(=O)N(C)C)cc3s2)c1. The van der Waals surface area contributed by atoms with Gasteiger partial charge >= 0.3 is 0 Å². The number of hydrogen-bond donors (Lipinski definition) is 1. The molecule has 3 rings (SSSR count). The fraction of sp³-hybridized carbons (Fsp3) is 0.176. The molecule has 0 aliphatic heterocycles. The topological polar surface area (TPSA) is 79.4 Å². The average molecular weight is 408 g/mol. The minimum Gasteiger partial charge on any atom is -0.298 e. The summed E-state index contributed by atoms with van der Waals surface area (Å²) in [6, 6.07) is 12.1. The molecule has 0 fully saturated rings. The number of rotatable bonds is 5. The van der Waals surface area contributed by atoms with E-state index in [-0.39, 0.29) is 10.8 Å². The fourth-order valence-corrected chi connectivity index (χ4v) is 4.63. The lowest BCUT2D eigenvalue weighted by Gasteiger charge is -2.10. The average Bonchev–Trinajstić information content (AvgIpc) is 3.02. The molecule has 0 aliphatic carbocycles. The van der Waals surface area contributed by atoms with E-state index in [1.165, 1.54) is 31.5 Å². The zero-order chi connectivity index (χ0) is 18.9. The Kier molecular flexibility index (Phi) is 5.33. The van der Waals surface area contributed by atoms with Gasteiger partial charge in [0.1, 0.15) is 0 Å². The summed E-state index contributed by atoms with van der Waals surface area (Å²) in [5.41, 5.74) is 1.19. The second-order valence-electron chi connectivity index (χ2n) is 5.62. The first-order valence-corrected chi connectivity index (χ1v) is 11.1. The Hall–Kier alpha value is -1.94. The van der Waals surface area contributed by atoms with Crippen LogP contribution in [-0.4, -0.2) is 44.0 Å². The van der Waals surface area contributed by atoms with Gasteiger partial charge in [0.2, 0.25) is 10.0 Å². The molecule has 1 amide bonds. The maximum Gasteiger partial charge on any atom is 0.257 e. The first kappa shape index (κ1) is 18.8. The van der Waals surface area contributed by atoms with Gasteiger partial charge in [0.15, 0.2) is 5.13 Å². The van der Waals surface area contributed by atoms with Gasteiger partial charge in [-0.2, -0.15) is 0 Å². The van der Waals surface area contributed by atoms with E-state index in [0.29, 0.717) is 20.9 Å². The minimum atomic E-state index is -3.51. The van der Waals surface area contributed by atoms with Crippen molar-refractivity contribution in [1.29, 1.82) is 0 Å². The second-order valence-corrected chi connectivity index (χ2v) is 9.68. The maximum absolute atomic E-state index is 12.4. The van der Waals surface area contributed by atoms with Crippen LogP contribution in [0.25, 0.3) is 10.2 Å². The summed E-state index contributed by atoms with van der Waals surface area (Å²) in [5.74, 6) is -0.249. The molecule has 2 aromatic carbocycles. The van der Waals surface area contributed by atoms with E-state index in [4.69, 9.17) is 0 Å². The van der Waals surface area contributed by atoms with Crippen molar-refractivity contribution < 1.29 is 13.2 Å². The predicted octanol–water partition coefficient (Wildman–Crippen LogP) is 3.52. The molecule has 1 heterocycles. The van der Waals surface area contributed by atoms with Crippen molar-refractivity contribution in [1.82, 2.24) is 9.29 Å². The van der Waals surface area contributed by atoms with Crippen LogP contribution in [0.4, 0.5) is 5.13 Å². The number of amides is 1. The third-order valence-electron chi connectivity index (χ3n) is 3.69. The van der Waals surface area contributed by atoms with Crippen LogP contribution >= 0.6 is 23.1 Å². The van der Waals surface area contributed by atoms with Crippen molar-refractivity contribution in [2.75, 3.05) is 25.7 Å². The third kappa shape index (κ3) is 3.75. The minimum absolute atomic E-state index is 0.198. The maximum atomic E-state index is 12.4. The van der Waals surface area contributed by atoms with E-state index in [9.17, 15) is 13.2 Å². The normalized spacial score (nSPS) is 11.8. The molecule has 0 saturated heterocycles. The van der Waals surface area contributed by atoms with Gasteiger partial charge in [0.05, 0.1) is 15.1 Å². The van der Waals surface area contributed by atoms with Gasteiger partial charge in [0, 0.05) is 24.6 Å². The number of carbonyl (C=O) groups is 1. The van der Waals surface area contributed by atoms with Crippen molar-refractivity contribution in [3.63, 3.8) is 0 Å². The Balaban J connectivity index is 1.88. The molecule has 9 heteroatoms. The van der Waals surface area contributed by atoms with Crippen LogP contribution in [0.2, 0.25) is 0 Å². The van der Waals surface area contributed by atoms with E-state index in [1.807, 2.05) is 24.5 Å². The van der Waals surface area contributed by atoms with Gasteiger partial charge in [-0.05, 0) is 42.7 Å². The number of nitrogens with one attached hydrogen (secondary N) is 1. The summed E-state index contributed by atoms with van der Waals surface area (Å²) < 4.78 is 26.3. The van der Waals surface area contributed by atoms with Crippen LogP contribution in [0.5, 0.6) is 0 Å². The molecule has 0 aliphatic rings. The molecule has 0 bridgehead atoms. The Morgan fingerprint density at radius 1 is 1.19 bits per heavy atom. The zero-order valence-electron chi connectivity index (χ0n) is 14.4. The van der Waals surface area contributed by atoms with Gasteiger partial charge in [-0.15, -0.1) is 11.8 Å². The van der Waals surface area contributed by atoms with E-state index < -0.39 is 10.0 Å². The highest BCUT2D eigenvalue weighted by Crippen LogP contribution is 2.29. The van der Waals surface area contributed by atoms with Crippen molar-refractivity contribution in [3.8, 4) is 0 Å². The van der Waals surface area contributed by atoms with Crippen molar-refractivity contribution in [3.05, 3.63) is 48.0 Å². The van der Waals surface area contributed by atoms with Crippen LogP contribution < -0.4 is 5.32 Å². The molecule has 0 unspecified atom stereocenters. The monoisotopic (exact) mass is 407 g/mol. The summed E-state index contributed by atoms with van der Waals surface area (Å²) in [6.07, 6.45) is 1.95. The lowest BCUT2D eigenvalue weighted by Crippen LogP contribution is -2.22. The number of aromatic nitrogens is 1. The largest absolute Gasteiger partial charge is 0.298 e. The molecule has 0 saturated carbocycles. The van der Waals surface area contributed by atoms with Crippen molar-refractivity contribution in [2.45, 2.75) is 9.79 Å². The summed E-state index contributed by atoms with van der Waals surface area (Å²) in [5, 5.41) is 3.21. The van der Waals surface area contributed by atoms with E-state index in [2.05, 4.69) is 10.3 Å². The summed E-state index contributed by atoms with van der Waals surface area (Å²) in [7, 11) is -0.537. The van der Waals surface area contributed by atoms with Gasteiger partial charge in [-0.3, -0.25) is 10.1 Å². The Morgan fingerprint density at radius 2 is 1.96 bits per heavy atom. The summed E-state index contributed by atoms with van der Waals surface area (Å²) in [4.78, 5) is 18.0. The number of benzene rings is 2. The first-order chi connectivity index (χ1) is 12.3.